The van der Waals surface area contributed by atoms with Crippen LogP contribution in [0.2, 0.25) is 0 Å². The highest BCUT2D eigenvalue weighted by Gasteiger charge is 2.74. The van der Waals surface area contributed by atoms with Crippen molar-refractivity contribution in [3.05, 3.63) is 59.0 Å². The van der Waals surface area contributed by atoms with E-state index >= 15 is 0 Å². The van der Waals surface area contributed by atoms with Crippen molar-refractivity contribution < 1.29 is 24.9 Å². The van der Waals surface area contributed by atoms with Gasteiger partial charge < -0.3 is 20.1 Å². The summed E-state index contributed by atoms with van der Waals surface area (Å²) in [4.78, 5) is 18.1. The first kappa shape index (κ1) is 23.0. The summed E-state index contributed by atoms with van der Waals surface area (Å²) in [6.07, 6.45) is 14.6. The Balaban J connectivity index is 1.31. The number of carbonyl (C=O) groups excluding carboxylic acids is 1. The maximum atomic E-state index is 13.8. The molecule has 6 nitrogen and oxygen atoms in total. The third kappa shape index (κ3) is 2.56. The summed E-state index contributed by atoms with van der Waals surface area (Å²) in [5, 5.41) is 34.2. The molecule has 6 heteroatoms. The zero-order valence-corrected chi connectivity index (χ0v) is 21.0. The first-order chi connectivity index (χ1) is 17.2. The minimum Gasteiger partial charge on any atom is -0.390 e. The van der Waals surface area contributed by atoms with E-state index in [1.807, 2.05) is 31.3 Å². The Bertz CT molecular complexity index is 1250. The molecule has 4 aliphatic carbocycles. The van der Waals surface area contributed by atoms with E-state index in [2.05, 4.69) is 24.1 Å². The van der Waals surface area contributed by atoms with Gasteiger partial charge in [-0.1, -0.05) is 44.6 Å². The number of pyridine rings is 1. The lowest BCUT2D eigenvalue weighted by Crippen LogP contribution is -2.61. The van der Waals surface area contributed by atoms with Gasteiger partial charge in [0, 0.05) is 36.1 Å². The Morgan fingerprint density at radius 2 is 2.06 bits per heavy atom. The van der Waals surface area contributed by atoms with Crippen molar-refractivity contribution in [3.8, 4) is 0 Å². The Kier molecular flexibility index (Phi) is 4.64. The molecule has 3 heterocycles. The molecule has 0 amide bonds. The maximum absolute atomic E-state index is 13.8. The predicted molar refractivity (Wildman–Crippen MR) is 134 cm³/mol. The second-order valence-electron chi connectivity index (χ2n) is 12.4. The third-order valence-electron chi connectivity index (χ3n) is 11.0. The van der Waals surface area contributed by atoms with E-state index in [0.717, 1.165) is 41.5 Å². The molecule has 3 N–H and O–H groups in total. The van der Waals surface area contributed by atoms with Crippen LogP contribution in [-0.4, -0.2) is 55.1 Å². The van der Waals surface area contributed by atoms with E-state index in [4.69, 9.17) is 4.74 Å². The monoisotopic (exact) mass is 489 g/mol. The molecular weight excluding hydrogens is 454 g/mol. The molecule has 9 unspecified atom stereocenters. The summed E-state index contributed by atoms with van der Waals surface area (Å²) >= 11 is 0. The lowest BCUT2D eigenvalue weighted by Gasteiger charge is -2.56. The number of fused-ring (bicyclic) bond motifs is 2. The van der Waals surface area contributed by atoms with E-state index in [1.165, 1.54) is 0 Å². The van der Waals surface area contributed by atoms with Crippen LogP contribution in [0.15, 0.2) is 47.8 Å². The van der Waals surface area contributed by atoms with E-state index in [0.29, 0.717) is 19.3 Å². The summed E-state index contributed by atoms with van der Waals surface area (Å²) in [7, 11) is 0. The van der Waals surface area contributed by atoms with Crippen molar-refractivity contribution in [2.75, 3.05) is 0 Å². The molecule has 6 aliphatic rings. The van der Waals surface area contributed by atoms with Crippen LogP contribution in [0.4, 0.5) is 0 Å². The molecule has 2 saturated carbocycles. The second-order valence-corrected chi connectivity index (χ2v) is 12.4. The summed E-state index contributed by atoms with van der Waals surface area (Å²) < 4.78 is 7.10. The second kappa shape index (κ2) is 7.25. The van der Waals surface area contributed by atoms with Crippen LogP contribution in [0.3, 0.4) is 0 Å². The number of rotatable bonds is 2. The lowest BCUT2D eigenvalue weighted by atomic mass is 9.54. The van der Waals surface area contributed by atoms with Crippen LogP contribution >= 0.6 is 0 Å². The summed E-state index contributed by atoms with van der Waals surface area (Å²) in [5.74, 6) is -0.585. The van der Waals surface area contributed by atoms with Crippen molar-refractivity contribution in [2.24, 2.45) is 23.2 Å². The van der Waals surface area contributed by atoms with Gasteiger partial charge >= 0.3 is 0 Å². The van der Waals surface area contributed by atoms with Gasteiger partial charge in [-0.2, -0.15) is 0 Å². The van der Waals surface area contributed by atoms with Crippen LogP contribution in [0, 0.1) is 23.2 Å². The normalized spacial score (nSPS) is 48.5. The smallest absolute Gasteiger partial charge is 0.165 e. The molecule has 36 heavy (non-hydrogen) atoms. The fraction of sp³-hybridized carbons (Fsp3) is 0.600. The number of ketones is 1. The SMILES string of the molecule is CCC1CC23CCC4(O2)C(=CCC2(C)C4CC(=O)C2(O)C2C=Cc4ccncc4C2)C=C3C(O)C1O. The number of aliphatic hydroxyl groups is 3. The fourth-order valence-electron chi connectivity index (χ4n) is 9.00. The van der Waals surface area contributed by atoms with Crippen molar-refractivity contribution in [1.82, 2.24) is 4.98 Å². The summed E-state index contributed by atoms with van der Waals surface area (Å²) in [6, 6.07) is 1.97. The number of nitrogens with zero attached hydrogens (tertiary/aromatic N) is 1. The molecule has 0 aromatic carbocycles. The number of aliphatic hydroxyl groups excluding tert-OH is 2. The van der Waals surface area contributed by atoms with Crippen molar-refractivity contribution >= 4 is 11.9 Å². The molecule has 1 aromatic heterocycles. The summed E-state index contributed by atoms with van der Waals surface area (Å²) in [6.45, 7) is 4.13. The molecule has 9 atom stereocenters. The molecular formula is C30H35NO5. The highest BCUT2D eigenvalue weighted by atomic mass is 16.5. The van der Waals surface area contributed by atoms with Gasteiger partial charge in [0.05, 0.1) is 17.3 Å². The van der Waals surface area contributed by atoms with E-state index in [-0.39, 0.29) is 30.0 Å². The molecule has 1 saturated heterocycles. The molecule has 2 spiro atoms. The van der Waals surface area contributed by atoms with Crippen molar-refractivity contribution in [1.29, 1.82) is 0 Å². The van der Waals surface area contributed by atoms with Gasteiger partial charge in [0.1, 0.15) is 11.7 Å². The minimum absolute atomic E-state index is 0.0315. The number of hydrogen-bond acceptors (Lipinski definition) is 6. The number of carbonyl (C=O) groups is 1. The average Bonchev–Trinajstić information content (AvgIpc) is 3.31. The Labute approximate surface area is 211 Å². The molecule has 2 bridgehead atoms. The molecule has 1 aromatic rings. The molecule has 190 valence electrons. The molecule has 2 aliphatic heterocycles. The molecule has 7 rings (SSSR count). The minimum atomic E-state index is -1.49. The standard InChI is InChI=1S/C30H35NO5/c1-3-17-15-28-9-10-29(36-28)20(13-22(28)26(34)25(17)33)6-8-27(2)23(29)14-24(32)30(27,35)21-5-4-18-7-11-31-16-19(18)12-21/h4-7,11,13,16-17,21,23,25-26,33-35H,3,8-10,12,14-15H2,1-2H3. The van der Waals surface area contributed by atoms with Gasteiger partial charge in [0.25, 0.3) is 0 Å². The van der Waals surface area contributed by atoms with E-state index in [9.17, 15) is 20.1 Å². The number of aromatic nitrogens is 1. The largest absolute Gasteiger partial charge is 0.390 e. The maximum Gasteiger partial charge on any atom is 0.165 e. The zero-order valence-electron chi connectivity index (χ0n) is 21.0. The van der Waals surface area contributed by atoms with Gasteiger partial charge in [0.15, 0.2) is 5.78 Å². The zero-order chi connectivity index (χ0) is 25.1. The van der Waals surface area contributed by atoms with E-state index in [1.54, 1.807) is 6.20 Å². The number of ether oxygens (including phenoxy) is 1. The average molecular weight is 490 g/mol. The third-order valence-corrected chi connectivity index (χ3v) is 11.0. The number of allylic oxidation sites excluding steroid dienone is 1. The van der Waals surface area contributed by atoms with Crippen LogP contribution in [-0.2, 0) is 16.0 Å². The van der Waals surface area contributed by atoms with Crippen molar-refractivity contribution in [2.45, 2.75) is 87.8 Å². The highest BCUT2D eigenvalue weighted by Crippen LogP contribution is 2.69. The van der Waals surface area contributed by atoms with Gasteiger partial charge in [-0.05, 0) is 66.4 Å². The fourth-order valence-corrected chi connectivity index (χ4v) is 9.00. The van der Waals surface area contributed by atoms with Gasteiger partial charge in [-0.25, -0.2) is 0 Å². The Hall–Kier alpha value is -2.12. The van der Waals surface area contributed by atoms with Gasteiger partial charge in [0.2, 0.25) is 0 Å². The Morgan fingerprint density at radius 3 is 2.86 bits per heavy atom. The van der Waals surface area contributed by atoms with Crippen LogP contribution in [0.5, 0.6) is 0 Å². The molecule has 0 radical (unpaired) electrons. The van der Waals surface area contributed by atoms with Gasteiger partial charge in [-0.15, -0.1) is 0 Å². The number of Topliss-reactive ketones (excluding diaryl/α,β-unsaturated/α-hetero) is 1. The van der Waals surface area contributed by atoms with Crippen molar-refractivity contribution in [3.63, 3.8) is 0 Å². The lowest BCUT2D eigenvalue weighted by molar-refractivity contribution is -0.185. The highest BCUT2D eigenvalue weighted by molar-refractivity contribution is 5.93. The Morgan fingerprint density at radius 1 is 1.22 bits per heavy atom. The van der Waals surface area contributed by atoms with Crippen LogP contribution < -0.4 is 0 Å². The van der Waals surface area contributed by atoms with Crippen LogP contribution in [0.1, 0.15) is 63.5 Å². The molecule has 3 fully saturated rings. The van der Waals surface area contributed by atoms with E-state index < -0.39 is 34.4 Å². The quantitative estimate of drug-likeness (QED) is 0.590. The topological polar surface area (TPSA) is 99.9 Å². The van der Waals surface area contributed by atoms with Gasteiger partial charge in [-0.3, -0.25) is 9.78 Å². The summed E-state index contributed by atoms with van der Waals surface area (Å²) in [5.41, 5.74) is 0.553. The first-order valence-electron chi connectivity index (χ1n) is 13.5. The first-order valence-corrected chi connectivity index (χ1v) is 13.5. The van der Waals surface area contributed by atoms with Crippen LogP contribution in [0.25, 0.3) is 6.08 Å². The predicted octanol–water partition coefficient (Wildman–Crippen LogP) is 3.30. The number of hydrogen-bond donors (Lipinski definition) is 3.